The third-order valence-corrected chi connectivity index (χ3v) is 4.67. The van der Waals surface area contributed by atoms with E-state index in [1.807, 2.05) is 35.9 Å². The number of para-hydroxylation sites is 2. The van der Waals surface area contributed by atoms with Crippen LogP contribution in [-0.4, -0.2) is 21.4 Å². The summed E-state index contributed by atoms with van der Waals surface area (Å²) in [6.45, 7) is 0.249. The first-order valence-electron chi connectivity index (χ1n) is 8.30. The van der Waals surface area contributed by atoms with E-state index in [4.69, 9.17) is 0 Å². The minimum absolute atomic E-state index is 0.0347. The maximum Gasteiger partial charge on any atom is 0.228 e. The summed E-state index contributed by atoms with van der Waals surface area (Å²) in [6, 6.07) is 11.8. The first-order valence-corrected chi connectivity index (χ1v) is 8.30. The van der Waals surface area contributed by atoms with Crippen LogP contribution in [0.15, 0.2) is 42.5 Å². The fourth-order valence-corrected chi connectivity index (χ4v) is 3.31. The number of aromatic nitrogens is 2. The van der Waals surface area contributed by atoms with Crippen molar-refractivity contribution in [2.75, 3.05) is 5.32 Å². The maximum absolute atomic E-state index is 13.4. The molecule has 1 unspecified atom stereocenters. The summed E-state index contributed by atoms with van der Waals surface area (Å²) in [6.07, 6.45) is 0.0347. The van der Waals surface area contributed by atoms with Crippen LogP contribution < -0.4 is 10.6 Å². The second-order valence-electron chi connectivity index (χ2n) is 6.33. The van der Waals surface area contributed by atoms with E-state index in [1.54, 1.807) is 6.07 Å². The lowest BCUT2D eigenvalue weighted by atomic mass is 9.89. The van der Waals surface area contributed by atoms with Gasteiger partial charge < -0.3 is 15.2 Å². The van der Waals surface area contributed by atoms with Gasteiger partial charge in [0.2, 0.25) is 11.8 Å². The van der Waals surface area contributed by atoms with Crippen molar-refractivity contribution in [2.24, 2.45) is 7.05 Å². The zero-order valence-electron chi connectivity index (χ0n) is 14.1. The largest absolute Gasteiger partial charge is 0.348 e. The van der Waals surface area contributed by atoms with Crippen LogP contribution in [0.2, 0.25) is 0 Å². The molecule has 1 aliphatic rings. The Kier molecular flexibility index (Phi) is 3.91. The number of carbonyl (C=O) groups excluding carboxylic acids is 2. The number of hydrogen-bond acceptors (Lipinski definition) is 3. The lowest BCUT2D eigenvalue weighted by Gasteiger charge is -2.24. The molecule has 3 aromatic rings. The van der Waals surface area contributed by atoms with Gasteiger partial charge in [0, 0.05) is 19.2 Å². The first kappa shape index (κ1) is 16.3. The summed E-state index contributed by atoms with van der Waals surface area (Å²) in [7, 11) is 1.89. The van der Waals surface area contributed by atoms with Crippen LogP contribution in [-0.2, 0) is 23.2 Å². The molecule has 2 heterocycles. The Hall–Kier alpha value is -3.22. The molecule has 0 saturated heterocycles. The van der Waals surface area contributed by atoms with Crippen molar-refractivity contribution in [1.82, 2.24) is 14.9 Å². The van der Waals surface area contributed by atoms with Gasteiger partial charge in [0.1, 0.15) is 11.6 Å². The highest BCUT2D eigenvalue weighted by Gasteiger charge is 2.31. The highest BCUT2D eigenvalue weighted by molar-refractivity contribution is 6.01. The van der Waals surface area contributed by atoms with Gasteiger partial charge in [-0.1, -0.05) is 18.2 Å². The fraction of sp³-hybridized carbons (Fsp3) is 0.211. The minimum atomic E-state index is -0.644. The molecule has 0 saturated carbocycles. The molecule has 26 heavy (non-hydrogen) atoms. The molecule has 7 heteroatoms. The number of amides is 2. The second-order valence-corrected chi connectivity index (χ2v) is 6.33. The Bertz CT molecular complexity index is 1030. The van der Waals surface area contributed by atoms with E-state index in [1.165, 1.54) is 12.1 Å². The normalized spacial score (nSPS) is 16.2. The predicted molar refractivity (Wildman–Crippen MR) is 94.9 cm³/mol. The molecule has 132 valence electrons. The van der Waals surface area contributed by atoms with E-state index in [2.05, 4.69) is 15.6 Å². The Morgan fingerprint density at radius 1 is 1.35 bits per heavy atom. The fourth-order valence-electron chi connectivity index (χ4n) is 3.31. The summed E-state index contributed by atoms with van der Waals surface area (Å²) in [4.78, 5) is 29.1. The first-order chi connectivity index (χ1) is 12.5. The molecular weight excluding hydrogens is 335 g/mol. The summed E-state index contributed by atoms with van der Waals surface area (Å²) in [5, 5.41) is 5.46. The van der Waals surface area contributed by atoms with Gasteiger partial charge in [-0.2, -0.15) is 0 Å². The van der Waals surface area contributed by atoms with E-state index < -0.39 is 11.7 Å². The molecule has 2 amide bonds. The Balaban J connectivity index is 1.55. The standard InChI is InChI=1S/C19H17FN4O2/c1-24-16-5-3-2-4-14(16)22-17(24)10-21-19(26)13-9-18(25)23-15-8-11(20)6-7-12(13)15/h2-8,13H,9-10H2,1H3,(H,21,26)(H,23,25). The van der Waals surface area contributed by atoms with Crippen LogP contribution in [0.3, 0.4) is 0 Å². The van der Waals surface area contributed by atoms with Crippen LogP contribution in [0.4, 0.5) is 10.1 Å². The molecule has 0 radical (unpaired) electrons. The minimum Gasteiger partial charge on any atom is -0.348 e. The molecule has 2 aromatic carbocycles. The molecule has 0 fully saturated rings. The SMILES string of the molecule is Cn1c(CNC(=O)C2CC(=O)Nc3cc(F)ccc32)nc2ccccc21. The van der Waals surface area contributed by atoms with Crippen molar-refractivity contribution >= 4 is 28.5 Å². The summed E-state index contributed by atoms with van der Waals surface area (Å²) < 4.78 is 15.3. The average Bonchev–Trinajstić information content (AvgIpc) is 2.95. The van der Waals surface area contributed by atoms with Crippen molar-refractivity contribution in [1.29, 1.82) is 0 Å². The van der Waals surface area contributed by atoms with Gasteiger partial charge in [-0.25, -0.2) is 9.37 Å². The van der Waals surface area contributed by atoms with Gasteiger partial charge >= 0.3 is 0 Å². The van der Waals surface area contributed by atoms with Crippen LogP contribution in [0.1, 0.15) is 23.7 Å². The summed E-state index contributed by atoms with van der Waals surface area (Å²) in [5.74, 6) is -0.955. The van der Waals surface area contributed by atoms with Gasteiger partial charge in [-0.05, 0) is 29.8 Å². The van der Waals surface area contributed by atoms with Crippen molar-refractivity contribution in [3.63, 3.8) is 0 Å². The van der Waals surface area contributed by atoms with Crippen molar-refractivity contribution in [3.05, 3.63) is 59.7 Å². The van der Waals surface area contributed by atoms with Crippen LogP contribution in [0.25, 0.3) is 11.0 Å². The van der Waals surface area contributed by atoms with E-state index in [0.717, 1.165) is 16.9 Å². The molecule has 1 aliphatic heterocycles. The lowest BCUT2D eigenvalue weighted by Crippen LogP contribution is -2.35. The Morgan fingerprint density at radius 3 is 2.96 bits per heavy atom. The quantitative estimate of drug-likeness (QED) is 0.760. The number of imidazole rings is 1. The van der Waals surface area contributed by atoms with Gasteiger partial charge in [-0.3, -0.25) is 9.59 Å². The Labute approximate surface area is 149 Å². The van der Waals surface area contributed by atoms with Crippen LogP contribution in [0, 0.1) is 5.82 Å². The maximum atomic E-state index is 13.4. The van der Waals surface area contributed by atoms with E-state index >= 15 is 0 Å². The molecule has 1 atom stereocenters. The van der Waals surface area contributed by atoms with Crippen molar-refractivity contribution in [3.8, 4) is 0 Å². The highest BCUT2D eigenvalue weighted by atomic mass is 19.1. The van der Waals surface area contributed by atoms with Crippen LogP contribution in [0.5, 0.6) is 0 Å². The third-order valence-electron chi connectivity index (χ3n) is 4.67. The third kappa shape index (κ3) is 2.81. The number of anilines is 1. The Morgan fingerprint density at radius 2 is 2.15 bits per heavy atom. The number of halogens is 1. The number of carbonyl (C=O) groups is 2. The highest BCUT2D eigenvalue weighted by Crippen LogP contribution is 2.32. The zero-order chi connectivity index (χ0) is 18.3. The summed E-state index contributed by atoms with van der Waals surface area (Å²) >= 11 is 0. The number of benzene rings is 2. The topological polar surface area (TPSA) is 76.0 Å². The second kappa shape index (κ2) is 6.25. The summed E-state index contributed by atoms with van der Waals surface area (Å²) in [5.41, 5.74) is 2.81. The molecular formula is C19H17FN4O2. The van der Waals surface area contributed by atoms with Gasteiger partial charge in [-0.15, -0.1) is 0 Å². The zero-order valence-corrected chi connectivity index (χ0v) is 14.1. The van der Waals surface area contributed by atoms with E-state index in [9.17, 15) is 14.0 Å². The van der Waals surface area contributed by atoms with Gasteiger partial charge in [0.25, 0.3) is 0 Å². The number of nitrogens with one attached hydrogen (secondary N) is 2. The number of nitrogens with zero attached hydrogens (tertiary/aromatic N) is 2. The van der Waals surface area contributed by atoms with Crippen molar-refractivity contribution < 1.29 is 14.0 Å². The van der Waals surface area contributed by atoms with E-state index in [0.29, 0.717) is 11.3 Å². The van der Waals surface area contributed by atoms with Crippen LogP contribution >= 0.6 is 0 Å². The molecule has 0 bridgehead atoms. The molecule has 4 rings (SSSR count). The number of fused-ring (bicyclic) bond motifs is 2. The average molecular weight is 352 g/mol. The van der Waals surface area contributed by atoms with Gasteiger partial charge in [0.15, 0.2) is 0 Å². The smallest absolute Gasteiger partial charge is 0.228 e. The predicted octanol–water partition coefficient (Wildman–Crippen LogP) is 2.45. The molecule has 1 aromatic heterocycles. The number of aryl methyl sites for hydroxylation is 1. The molecule has 0 spiro atoms. The monoisotopic (exact) mass is 352 g/mol. The molecule has 6 nitrogen and oxygen atoms in total. The van der Waals surface area contributed by atoms with E-state index in [-0.39, 0.29) is 24.8 Å². The number of hydrogen-bond donors (Lipinski definition) is 2. The number of rotatable bonds is 3. The lowest BCUT2D eigenvalue weighted by molar-refractivity contribution is -0.126. The van der Waals surface area contributed by atoms with Gasteiger partial charge in [0.05, 0.1) is 23.5 Å². The molecule has 0 aliphatic carbocycles. The molecule has 2 N–H and O–H groups in total. The van der Waals surface area contributed by atoms with Crippen molar-refractivity contribution in [2.45, 2.75) is 18.9 Å².